The zero-order valence-electron chi connectivity index (χ0n) is 10.1. The predicted octanol–water partition coefficient (Wildman–Crippen LogP) is -0.849. The normalized spacial score (nSPS) is 34.9. The number of rotatable bonds is 4. The second-order valence-electron chi connectivity index (χ2n) is 4.74. The van der Waals surface area contributed by atoms with Gasteiger partial charge in [0, 0.05) is 36.8 Å². The Bertz CT molecular complexity index is 265. The van der Waals surface area contributed by atoms with Crippen molar-refractivity contribution in [3.05, 3.63) is 11.1 Å². The first kappa shape index (κ1) is 13.2. The van der Waals surface area contributed by atoms with Gasteiger partial charge in [0.1, 0.15) is 0 Å². The summed E-state index contributed by atoms with van der Waals surface area (Å²) in [6.07, 6.45) is 4.53. The number of nitrogens with one attached hydrogen (secondary N) is 4. The van der Waals surface area contributed by atoms with Crippen molar-refractivity contribution in [3.63, 3.8) is 0 Å². The molecule has 0 bridgehead atoms. The van der Waals surface area contributed by atoms with Gasteiger partial charge < -0.3 is 16.4 Å². The molecule has 98 valence electrons. The molecule has 0 aromatic rings. The van der Waals surface area contributed by atoms with Crippen LogP contribution in [0.2, 0.25) is 0 Å². The first-order valence-electron chi connectivity index (χ1n) is 6.33. The number of hydrogen-bond donors (Lipinski definition) is 6. The van der Waals surface area contributed by atoms with E-state index in [0.29, 0.717) is 5.92 Å². The van der Waals surface area contributed by atoms with E-state index in [0.717, 1.165) is 31.2 Å². The van der Waals surface area contributed by atoms with Crippen molar-refractivity contribution in [2.24, 2.45) is 11.7 Å². The summed E-state index contributed by atoms with van der Waals surface area (Å²) in [6, 6.07) is 0.289. The Balaban J connectivity index is 1.71. The molecule has 2 saturated heterocycles. The Labute approximate surface area is 108 Å². The van der Waals surface area contributed by atoms with Crippen LogP contribution in [-0.4, -0.2) is 38.5 Å². The number of hydrogen-bond acceptors (Lipinski definition) is 6. The van der Waals surface area contributed by atoms with E-state index in [1.54, 1.807) is 0 Å². The molecule has 6 heteroatoms. The van der Waals surface area contributed by atoms with Crippen molar-refractivity contribution in [3.8, 4) is 0 Å². The second-order valence-corrected chi connectivity index (χ2v) is 5.25. The van der Waals surface area contributed by atoms with E-state index in [2.05, 4.69) is 33.9 Å². The molecular formula is C11H23N5S. The second kappa shape index (κ2) is 6.61. The highest BCUT2D eigenvalue weighted by Gasteiger charge is 2.21. The molecule has 0 amide bonds. The van der Waals surface area contributed by atoms with Gasteiger partial charge in [0.2, 0.25) is 0 Å². The Morgan fingerprint density at radius 2 is 2.35 bits per heavy atom. The van der Waals surface area contributed by atoms with Crippen LogP contribution in [0.5, 0.6) is 0 Å². The van der Waals surface area contributed by atoms with Crippen molar-refractivity contribution in [2.75, 3.05) is 26.3 Å². The first-order valence-corrected chi connectivity index (χ1v) is 6.77. The number of piperidine rings is 1. The molecular weight excluding hydrogens is 234 g/mol. The third-order valence-electron chi connectivity index (χ3n) is 3.44. The van der Waals surface area contributed by atoms with Crippen molar-refractivity contribution in [2.45, 2.75) is 25.0 Å². The van der Waals surface area contributed by atoms with Crippen LogP contribution in [0, 0.1) is 5.92 Å². The zero-order chi connectivity index (χ0) is 12.1. The van der Waals surface area contributed by atoms with Crippen LogP contribution in [0.1, 0.15) is 12.8 Å². The summed E-state index contributed by atoms with van der Waals surface area (Å²) in [5.74, 6) is 0.558. The maximum Gasteiger partial charge on any atom is 0.0732 e. The lowest BCUT2D eigenvalue weighted by Gasteiger charge is -2.23. The number of nitrogens with two attached hydrogens (primary N) is 1. The van der Waals surface area contributed by atoms with Gasteiger partial charge in [-0.05, 0) is 19.4 Å². The third-order valence-corrected chi connectivity index (χ3v) is 3.93. The van der Waals surface area contributed by atoms with Gasteiger partial charge in [-0.1, -0.05) is 0 Å². The van der Waals surface area contributed by atoms with Crippen LogP contribution in [0.3, 0.4) is 0 Å². The van der Waals surface area contributed by atoms with Crippen LogP contribution in [-0.2, 0) is 0 Å². The molecule has 6 N–H and O–H groups in total. The van der Waals surface area contributed by atoms with Crippen LogP contribution in [0.15, 0.2) is 11.1 Å². The van der Waals surface area contributed by atoms with E-state index >= 15 is 0 Å². The van der Waals surface area contributed by atoms with E-state index in [-0.39, 0.29) is 12.2 Å². The van der Waals surface area contributed by atoms with Crippen molar-refractivity contribution in [1.29, 1.82) is 0 Å². The summed E-state index contributed by atoms with van der Waals surface area (Å²) in [4.78, 5) is 1.14. The van der Waals surface area contributed by atoms with E-state index in [1.165, 1.54) is 12.8 Å². The van der Waals surface area contributed by atoms with Crippen LogP contribution >= 0.6 is 12.6 Å². The molecule has 0 aromatic carbocycles. The summed E-state index contributed by atoms with van der Waals surface area (Å²) >= 11 is 4.56. The molecule has 2 fully saturated rings. The average molecular weight is 257 g/mol. The average Bonchev–Trinajstić information content (AvgIpc) is 2.76. The lowest BCUT2D eigenvalue weighted by Crippen LogP contribution is -2.46. The van der Waals surface area contributed by atoms with Crippen LogP contribution in [0.25, 0.3) is 0 Å². The summed E-state index contributed by atoms with van der Waals surface area (Å²) in [6.45, 7) is 3.80. The zero-order valence-corrected chi connectivity index (χ0v) is 11.0. The Hall–Kier alpha value is -0.270. The summed E-state index contributed by atoms with van der Waals surface area (Å²) in [5.41, 5.74) is 5.88. The minimum atomic E-state index is 0.0376. The molecule has 3 atom stereocenters. The van der Waals surface area contributed by atoms with Gasteiger partial charge in [-0.3, -0.25) is 10.6 Å². The fourth-order valence-electron chi connectivity index (χ4n) is 2.29. The van der Waals surface area contributed by atoms with Gasteiger partial charge in [-0.15, -0.1) is 12.6 Å². The maximum atomic E-state index is 5.88. The highest BCUT2D eigenvalue weighted by molar-refractivity contribution is 7.84. The molecule has 2 rings (SSSR count). The van der Waals surface area contributed by atoms with Gasteiger partial charge in [-0.25, -0.2) is 0 Å². The Morgan fingerprint density at radius 1 is 1.47 bits per heavy atom. The van der Waals surface area contributed by atoms with E-state index in [4.69, 9.17) is 5.73 Å². The fourth-order valence-corrected chi connectivity index (χ4v) is 2.60. The van der Waals surface area contributed by atoms with Gasteiger partial charge in [0.15, 0.2) is 0 Å². The highest BCUT2D eigenvalue weighted by Crippen LogP contribution is 2.21. The van der Waals surface area contributed by atoms with E-state index < -0.39 is 0 Å². The molecule has 2 heterocycles. The Kier molecular flexibility index (Phi) is 5.12. The molecule has 0 radical (unpaired) electrons. The molecule has 5 nitrogen and oxygen atoms in total. The van der Waals surface area contributed by atoms with Crippen LogP contribution < -0.4 is 27.0 Å². The van der Waals surface area contributed by atoms with Gasteiger partial charge in [-0.2, -0.15) is 0 Å². The third kappa shape index (κ3) is 3.86. The molecule has 0 spiro atoms. The lowest BCUT2D eigenvalue weighted by molar-refractivity contribution is 0.432. The van der Waals surface area contributed by atoms with E-state index in [9.17, 15) is 0 Å². The molecule has 2 aliphatic rings. The standard InChI is InChI=1S/C11H23N5S/c12-11-9(15-7-16-11)5-14-6-10(17)8-2-1-3-13-4-8/h6,8-9,11,13-17H,1-5,7,12H2/b10-6-. The minimum absolute atomic E-state index is 0.0376. The predicted molar refractivity (Wildman–Crippen MR) is 73.6 cm³/mol. The van der Waals surface area contributed by atoms with Gasteiger partial charge in [0.05, 0.1) is 12.2 Å². The topological polar surface area (TPSA) is 74.1 Å². The molecule has 2 aliphatic heterocycles. The maximum absolute atomic E-state index is 5.88. The minimum Gasteiger partial charge on any atom is -0.389 e. The summed E-state index contributed by atoms with van der Waals surface area (Å²) < 4.78 is 0. The first-order chi connectivity index (χ1) is 8.27. The molecule has 0 saturated carbocycles. The SMILES string of the molecule is NC1NCNC1CN/C=C(\S)C1CCCNC1. The highest BCUT2D eigenvalue weighted by atomic mass is 32.1. The smallest absolute Gasteiger partial charge is 0.0732 e. The lowest BCUT2D eigenvalue weighted by atomic mass is 9.99. The largest absolute Gasteiger partial charge is 0.389 e. The van der Waals surface area contributed by atoms with Crippen molar-refractivity contribution < 1.29 is 0 Å². The molecule has 3 unspecified atom stereocenters. The molecule has 17 heavy (non-hydrogen) atoms. The molecule has 0 aliphatic carbocycles. The van der Waals surface area contributed by atoms with E-state index in [1.807, 2.05) is 6.20 Å². The van der Waals surface area contributed by atoms with Gasteiger partial charge in [0.25, 0.3) is 0 Å². The monoisotopic (exact) mass is 257 g/mol. The summed E-state index contributed by atoms with van der Waals surface area (Å²) in [5, 5.41) is 13.1. The van der Waals surface area contributed by atoms with Crippen LogP contribution in [0.4, 0.5) is 0 Å². The quantitative estimate of drug-likeness (QED) is 0.370. The fraction of sp³-hybridized carbons (Fsp3) is 0.818. The number of thiol groups is 1. The van der Waals surface area contributed by atoms with Gasteiger partial charge >= 0.3 is 0 Å². The van der Waals surface area contributed by atoms with Crippen molar-refractivity contribution >= 4 is 12.6 Å². The van der Waals surface area contributed by atoms with Crippen molar-refractivity contribution in [1.82, 2.24) is 21.3 Å². The summed E-state index contributed by atoms with van der Waals surface area (Å²) in [7, 11) is 0. The molecule has 0 aromatic heterocycles. The Morgan fingerprint density at radius 3 is 3.00 bits per heavy atom.